The number of nitrogens with two attached hydrogens (primary N) is 1. The van der Waals surface area contributed by atoms with Crippen LogP contribution in [0.1, 0.15) is 11.1 Å². The van der Waals surface area contributed by atoms with Crippen molar-refractivity contribution in [3.8, 4) is 11.8 Å². The first-order chi connectivity index (χ1) is 6.90. The van der Waals surface area contributed by atoms with E-state index >= 15 is 0 Å². The molecule has 1 aromatic rings. The Kier molecular flexibility index (Phi) is 2.98. The minimum absolute atomic E-state index is 0.0643. The van der Waals surface area contributed by atoms with Gasteiger partial charge in [0.1, 0.15) is 22.3 Å². The number of rotatable bonds is 2. The second-order valence-corrected chi connectivity index (χ2v) is 4.53. The van der Waals surface area contributed by atoms with Crippen LogP contribution in [0.25, 0.3) is 0 Å². The molecule has 0 fully saturated rings. The van der Waals surface area contributed by atoms with Gasteiger partial charge in [0.05, 0.1) is 7.11 Å². The Hall–Kier alpha value is -1.58. The molecule has 0 spiro atoms. The van der Waals surface area contributed by atoms with Crippen molar-refractivity contribution >= 4 is 10.0 Å². The van der Waals surface area contributed by atoms with Gasteiger partial charge in [-0.05, 0) is 24.6 Å². The van der Waals surface area contributed by atoms with E-state index < -0.39 is 10.0 Å². The predicted molar refractivity (Wildman–Crippen MR) is 53.8 cm³/mol. The smallest absolute Gasteiger partial charge is 0.239 e. The molecular formula is C9H10N2O3S. The zero-order valence-electron chi connectivity index (χ0n) is 8.31. The molecule has 6 heteroatoms. The summed E-state index contributed by atoms with van der Waals surface area (Å²) in [6.45, 7) is 1.69. The SMILES string of the molecule is COc1cc(C)cc(S(N)(=O)=O)c1C#N. The van der Waals surface area contributed by atoms with Crippen LogP contribution in [-0.4, -0.2) is 15.5 Å². The molecule has 80 valence electrons. The number of nitriles is 1. The lowest BCUT2D eigenvalue weighted by Crippen LogP contribution is -2.14. The van der Waals surface area contributed by atoms with Crippen molar-refractivity contribution in [3.05, 3.63) is 23.3 Å². The van der Waals surface area contributed by atoms with Gasteiger partial charge in [0.25, 0.3) is 0 Å². The number of benzene rings is 1. The van der Waals surface area contributed by atoms with Crippen molar-refractivity contribution in [3.63, 3.8) is 0 Å². The van der Waals surface area contributed by atoms with E-state index in [2.05, 4.69) is 0 Å². The predicted octanol–water partition coefficient (Wildman–Crippen LogP) is 0.523. The first-order valence-corrected chi connectivity index (χ1v) is 5.56. The zero-order valence-corrected chi connectivity index (χ0v) is 9.13. The van der Waals surface area contributed by atoms with Gasteiger partial charge in [0.2, 0.25) is 10.0 Å². The lowest BCUT2D eigenvalue weighted by Gasteiger charge is -2.08. The molecule has 0 heterocycles. The maximum Gasteiger partial charge on any atom is 0.239 e. The zero-order chi connectivity index (χ0) is 11.6. The van der Waals surface area contributed by atoms with E-state index in [0.717, 1.165) is 0 Å². The van der Waals surface area contributed by atoms with Gasteiger partial charge in [-0.3, -0.25) is 0 Å². The Balaban J connectivity index is 3.66. The number of sulfonamides is 1. The monoisotopic (exact) mass is 226 g/mol. The molecule has 0 amide bonds. The van der Waals surface area contributed by atoms with Crippen molar-refractivity contribution in [2.45, 2.75) is 11.8 Å². The Labute approximate surface area is 88.1 Å². The van der Waals surface area contributed by atoms with Gasteiger partial charge in [-0.1, -0.05) is 0 Å². The van der Waals surface area contributed by atoms with Gasteiger partial charge >= 0.3 is 0 Å². The first-order valence-electron chi connectivity index (χ1n) is 4.01. The highest BCUT2D eigenvalue weighted by Gasteiger charge is 2.18. The van der Waals surface area contributed by atoms with Crippen LogP contribution in [0, 0.1) is 18.3 Å². The van der Waals surface area contributed by atoms with E-state index in [1.54, 1.807) is 19.1 Å². The molecular weight excluding hydrogens is 216 g/mol. The van der Waals surface area contributed by atoms with Gasteiger partial charge < -0.3 is 4.74 Å². The molecule has 1 rings (SSSR count). The van der Waals surface area contributed by atoms with Crippen molar-refractivity contribution in [1.29, 1.82) is 5.26 Å². The van der Waals surface area contributed by atoms with E-state index in [-0.39, 0.29) is 16.2 Å². The third-order valence-corrected chi connectivity index (χ3v) is 2.78. The average Bonchev–Trinajstić information content (AvgIpc) is 2.15. The molecule has 0 saturated carbocycles. The van der Waals surface area contributed by atoms with Crippen molar-refractivity contribution < 1.29 is 13.2 Å². The molecule has 0 atom stereocenters. The summed E-state index contributed by atoms with van der Waals surface area (Å²) in [6.07, 6.45) is 0. The van der Waals surface area contributed by atoms with Crippen LogP contribution in [0.2, 0.25) is 0 Å². The largest absolute Gasteiger partial charge is 0.495 e. The van der Waals surface area contributed by atoms with Crippen LogP contribution in [0.5, 0.6) is 5.75 Å². The molecule has 15 heavy (non-hydrogen) atoms. The van der Waals surface area contributed by atoms with Gasteiger partial charge in [-0.25, -0.2) is 13.6 Å². The highest BCUT2D eigenvalue weighted by Crippen LogP contribution is 2.26. The minimum Gasteiger partial charge on any atom is -0.495 e. The normalized spacial score (nSPS) is 10.8. The Morgan fingerprint density at radius 3 is 2.47 bits per heavy atom. The highest BCUT2D eigenvalue weighted by molar-refractivity contribution is 7.89. The van der Waals surface area contributed by atoms with Gasteiger partial charge in [0.15, 0.2) is 0 Å². The summed E-state index contributed by atoms with van der Waals surface area (Å²) in [7, 11) is -2.54. The van der Waals surface area contributed by atoms with Gasteiger partial charge in [0, 0.05) is 0 Å². The number of ether oxygens (including phenoxy) is 1. The number of nitrogens with zero attached hydrogens (tertiary/aromatic N) is 1. The molecule has 0 aliphatic heterocycles. The standard InChI is InChI=1S/C9H10N2O3S/c1-6-3-8(14-2)7(5-10)9(4-6)15(11,12)13/h3-4H,1-2H3,(H2,11,12,13). The molecule has 0 aliphatic carbocycles. The summed E-state index contributed by atoms with van der Waals surface area (Å²) in [5.41, 5.74) is 0.598. The Morgan fingerprint density at radius 2 is 2.07 bits per heavy atom. The van der Waals surface area contributed by atoms with Crippen molar-refractivity contribution in [1.82, 2.24) is 0 Å². The quantitative estimate of drug-likeness (QED) is 0.795. The summed E-state index contributed by atoms with van der Waals surface area (Å²) in [5, 5.41) is 13.8. The number of methoxy groups -OCH3 is 1. The van der Waals surface area contributed by atoms with Crippen LogP contribution in [-0.2, 0) is 10.0 Å². The lowest BCUT2D eigenvalue weighted by molar-refractivity contribution is 0.411. The third kappa shape index (κ3) is 2.26. The molecule has 0 bridgehead atoms. The lowest BCUT2D eigenvalue weighted by atomic mass is 10.1. The third-order valence-electron chi connectivity index (χ3n) is 1.85. The fourth-order valence-corrected chi connectivity index (χ4v) is 2.00. The number of hydrogen-bond donors (Lipinski definition) is 1. The van der Waals surface area contributed by atoms with Crippen LogP contribution in [0.3, 0.4) is 0 Å². The van der Waals surface area contributed by atoms with E-state index in [9.17, 15) is 8.42 Å². The van der Waals surface area contributed by atoms with E-state index in [1.165, 1.54) is 13.2 Å². The van der Waals surface area contributed by atoms with Gasteiger partial charge in [-0.15, -0.1) is 0 Å². The van der Waals surface area contributed by atoms with Crippen molar-refractivity contribution in [2.24, 2.45) is 5.14 Å². The first kappa shape index (κ1) is 11.5. The molecule has 1 aromatic carbocycles. The van der Waals surface area contributed by atoms with E-state index in [4.69, 9.17) is 15.1 Å². The molecule has 0 unspecified atom stereocenters. The molecule has 5 nitrogen and oxygen atoms in total. The van der Waals surface area contributed by atoms with E-state index in [1.807, 2.05) is 0 Å². The Bertz CT molecular complexity index is 529. The summed E-state index contributed by atoms with van der Waals surface area (Å²) in [6, 6.07) is 4.68. The summed E-state index contributed by atoms with van der Waals surface area (Å²) < 4.78 is 27.3. The van der Waals surface area contributed by atoms with E-state index in [0.29, 0.717) is 5.56 Å². The van der Waals surface area contributed by atoms with Gasteiger partial charge in [-0.2, -0.15) is 5.26 Å². The van der Waals surface area contributed by atoms with Crippen LogP contribution in [0.15, 0.2) is 17.0 Å². The summed E-state index contributed by atoms with van der Waals surface area (Å²) >= 11 is 0. The minimum atomic E-state index is -3.90. The topological polar surface area (TPSA) is 93.2 Å². The van der Waals surface area contributed by atoms with Crippen molar-refractivity contribution in [2.75, 3.05) is 7.11 Å². The van der Waals surface area contributed by atoms with Crippen LogP contribution >= 0.6 is 0 Å². The highest BCUT2D eigenvalue weighted by atomic mass is 32.2. The van der Waals surface area contributed by atoms with Crippen LogP contribution < -0.4 is 9.88 Å². The molecule has 0 saturated heterocycles. The molecule has 0 radical (unpaired) electrons. The molecule has 2 N–H and O–H groups in total. The molecule has 0 aromatic heterocycles. The maximum absolute atomic E-state index is 11.2. The fraction of sp³-hybridized carbons (Fsp3) is 0.222. The second kappa shape index (κ2) is 3.88. The average molecular weight is 226 g/mol. The maximum atomic E-state index is 11.2. The Morgan fingerprint density at radius 1 is 1.47 bits per heavy atom. The number of primary sulfonamides is 1. The fourth-order valence-electron chi connectivity index (χ4n) is 1.22. The second-order valence-electron chi connectivity index (χ2n) is 3.00. The molecule has 0 aliphatic rings. The number of hydrogen-bond acceptors (Lipinski definition) is 4. The summed E-state index contributed by atoms with van der Waals surface area (Å²) in [5.74, 6) is 0.210. The summed E-state index contributed by atoms with van der Waals surface area (Å²) in [4.78, 5) is -0.207. The van der Waals surface area contributed by atoms with Crippen LogP contribution in [0.4, 0.5) is 0 Å². The number of aryl methyl sites for hydroxylation is 1.